The Morgan fingerprint density at radius 3 is 2.65 bits per heavy atom. The minimum atomic E-state index is -0.386. The summed E-state index contributed by atoms with van der Waals surface area (Å²) in [6.07, 6.45) is 2.33. The fraction of sp³-hybridized carbons (Fsp3) is 0.600. The number of nitrogens with zero attached hydrogens (tertiary/aromatic N) is 1. The van der Waals surface area contributed by atoms with E-state index in [4.69, 9.17) is 4.74 Å². The van der Waals surface area contributed by atoms with E-state index < -0.39 is 0 Å². The van der Waals surface area contributed by atoms with Gasteiger partial charge in [-0.3, -0.25) is 10.1 Å². The summed E-state index contributed by atoms with van der Waals surface area (Å²) < 4.78 is 5.63. The number of nitrogens with one attached hydrogen (secondary N) is 1. The van der Waals surface area contributed by atoms with Crippen LogP contribution >= 0.6 is 0 Å². The Labute approximate surface area is 119 Å². The molecule has 1 aromatic rings. The van der Waals surface area contributed by atoms with E-state index in [1.54, 1.807) is 12.1 Å². The highest BCUT2D eigenvalue weighted by atomic mass is 16.6. The van der Waals surface area contributed by atoms with Crippen LogP contribution < -0.4 is 10.1 Å². The first-order valence-electron chi connectivity index (χ1n) is 7.00. The summed E-state index contributed by atoms with van der Waals surface area (Å²) in [5.41, 5.74) is 1.05. The highest BCUT2D eigenvalue weighted by molar-refractivity contribution is 5.48. The summed E-state index contributed by atoms with van der Waals surface area (Å²) in [4.78, 5) is 10.6. The Morgan fingerprint density at radius 2 is 2.10 bits per heavy atom. The van der Waals surface area contributed by atoms with Gasteiger partial charge in [-0.15, -0.1) is 0 Å². The molecule has 1 aliphatic carbocycles. The Bertz CT molecular complexity index is 490. The van der Waals surface area contributed by atoms with Gasteiger partial charge < -0.3 is 10.1 Å². The zero-order chi connectivity index (χ0) is 14.8. The van der Waals surface area contributed by atoms with Gasteiger partial charge in [0.05, 0.1) is 11.5 Å². The molecule has 2 rings (SSSR count). The first-order valence-corrected chi connectivity index (χ1v) is 7.00. The molecule has 110 valence electrons. The molecule has 0 radical (unpaired) electrons. The third-order valence-corrected chi connectivity index (χ3v) is 3.22. The molecule has 0 spiro atoms. The van der Waals surface area contributed by atoms with E-state index in [1.165, 1.54) is 18.9 Å². The van der Waals surface area contributed by atoms with Crippen LogP contribution in [0.2, 0.25) is 0 Å². The number of rotatable bonds is 6. The van der Waals surface area contributed by atoms with Gasteiger partial charge in [0.15, 0.2) is 5.75 Å². The summed E-state index contributed by atoms with van der Waals surface area (Å²) in [6, 6.07) is 5.09. The third-order valence-electron chi connectivity index (χ3n) is 3.22. The predicted molar refractivity (Wildman–Crippen MR) is 77.9 cm³/mol. The molecule has 0 bridgehead atoms. The SMILES string of the molecule is CC(C)(C)NCc1ccc([N+](=O)[O-])c(OCC2CC2)c1. The molecule has 0 aliphatic heterocycles. The van der Waals surface area contributed by atoms with Crippen molar-refractivity contribution in [2.45, 2.75) is 45.7 Å². The van der Waals surface area contributed by atoms with Crippen LogP contribution in [0.15, 0.2) is 18.2 Å². The third kappa shape index (κ3) is 4.49. The van der Waals surface area contributed by atoms with Crippen molar-refractivity contribution < 1.29 is 9.66 Å². The fourth-order valence-corrected chi connectivity index (χ4v) is 1.79. The van der Waals surface area contributed by atoms with Crippen LogP contribution in [0.4, 0.5) is 5.69 Å². The van der Waals surface area contributed by atoms with Crippen LogP contribution in [0.25, 0.3) is 0 Å². The van der Waals surface area contributed by atoms with Crippen LogP contribution in [0.3, 0.4) is 0 Å². The molecule has 1 saturated carbocycles. The van der Waals surface area contributed by atoms with E-state index in [1.807, 2.05) is 0 Å². The molecule has 0 atom stereocenters. The molecule has 0 heterocycles. The van der Waals surface area contributed by atoms with Crippen molar-refractivity contribution in [3.05, 3.63) is 33.9 Å². The number of ether oxygens (including phenoxy) is 1. The second-order valence-electron chi connectivity index (χ2n) is 6.42. The summed E-state index contributed by atoms with van der Waals surface area (Å²) in [6.45, 7) is 7.51. The van der Waals surface area contributed by atoms with Crippen LogP contribution in [-0.4, -0.2) is 17.1 Å². The van der Waals surface area contributed by atoms with E-state index in [-0.39, 0.29) is 16.1 Å². The number of nitro benzene ring substituents is 1. The smallest absolute Gasteiger partial charge is 0.310 e. The zero-order valence-electron chi connectivity index (χ0n) is 12.3. The van der Waals surface area contributed by atoms with Crippen LogP contribution in [0.1, 0.15) is 39.2 Å². The second-order valence-corrected chi connectivity index (χ2v) is 6.42. The molecule has 1 aromatic carbocycles. The molecule has 0 amide bonds. The minimum absolute atomic E-state index is 0.0107. The van der Waals surface area contributed by atoms with Gasteiger partial charge in [-0.25, -0.2) is 0 Å². The van der Waals surface area contributed by atoms with Crippen LogP contribution in [0, 0.1) is 16.0 Å². The van der Waals surface area contributed by atoms with E-state index in [0.29, 0.717) is 24.8 Å². The number of nitro groups is 1. The molecular weight excluding hydrogens is 256 g/mol. The lowest BCUT2D eigenvalue weighted by molar-refractivity contribution is -0.385. The first-order chi connectivity index (χ1) is 9.35. The van der Waals surface area contributed by atoms with Gasteiger partial charge in [-0.1, -0.05) is 6.07 Å². The Kier molecular flexibility index (Phi) is 4.28. The highest BCUT2D eigenvalue weighted by Gasteiger charge is 2.24. The predicted octanol–water partition coefficient (Wildman–Crippen LogP) is 3.27. The highest BCUT2D eigenvalue weighted by Crippen LogP contribution is 2.33. The van der Waals surface area contributed by atoms with E-state index in [0.717, 1.165) is 5.56 Å². The van der Waals surface area contributed by atoms with E-state index in [2.05, 4.69) is 26.1 Å². The van der Waals surface area contributed by atoms with Crippen molar-refractivity contribution >= 4 is 5.69 Å². The second kappa shape index (κ2) is 5.79. The van der Waals surface area contributed by atoms with Gasteiger partial charge in [0.2, 0.25) is 0 Å². The fourth-order valence-electron chi connectivity index (χ4n) is 1.79. The van der Waals surface area contributed by atoms with Gasteiger partial charge in [0, 0.05) is 18.2 Å². The maximum Gasteiger partial charge on any atom is 0.310 e. The molecule has 0 unspecified atom stereocenters. The Hall–Kier alpha value is -1.62. The molecule has 20 heavy (non-hydrogen) atoms. The van der Waals surface area contributed by atoms with Gasteiger partial charge in [-0.05, 0) is 51.2 Å². The lowest BCUT2D eigenvalue weighted by Gasteiger charge is -2.20. The Morgan fingerprint density at radius 1 is 1.40 bits per heavy atom. The van der Waals surface area contributed by atoms with Crippen molar-refractivity contribution in [2.24, 2.45) is 5.92 Å². The quantitative estimate of drug-likeness (QED) is 0.640. The molecule has 0 aromatic heterocycles. The van der Waals surface area contributed by atoms with Crippen molar-refractivity contribution in [3.8, 4) is 5.75 Å². The van der Waals surface area contributed by atoms with Gasteiger partial charge in [0.1, 0.15) is 0 Å². The minimum Gasteiger partial charge on any atom is -0.487 e. The first kappa shape index (κ1) is 14.8. The number of benzene rings is 1. The normalized spacial score (nSPS) is 15.2. The molecule has 1 fully saturated rings. The summed E-state index contributed by atoms with van der Waals surface area (Å²) in [5, 5.41) is 14.4. The van der Waals surface area contributed by atoms with Gasteiger partial charge in [-0.2, -0.15) is 0 Å². The van der Waals surface area contributed by atoms with E-state index >= 15 is 0 Å². The van der Waals surface area contributed by atoms with Crippen LogP contribution in [-0.2, 0) is 6.54 Å². The maximum absolute atomic E-state index is 11.0. The van der Waals surface area contributed by atoms with E-state index in [9.17, 15) is 10.1 Å². The molecule has 0 saturated heterocycles. The standard InChI is InChI=1S/C15H22N2O3/c1-15(2,3)16-9-12-6-7-13(17(18)19)14(8-12)20-10-11-4-5-11/h6-8,11,16H,4-5,9-10H2,1-3H3. The van der Waals surface area contributed by atoms with Crippen molar-refractivity contribution in [1.82, 2.24) is 5.32 Å². The van der Waals surface area contributed by atoms with Crippen molar-refractivity contribution in [3.63, 3.8) is 0 Å². The zero-order valence-corrected chi connectivity index (χ0v) is 12.3. The van der Waals surface area contributed by atoms with Gasteiger partial charge in [0.25, 0.3) is 0 Å². The monoisotopic (exact) mass is 278 g/mol. The molecule has 1 aliphatic rings. The largest absolute Gasteiger partial charge is 0.487 e. The number of hydrogen-bond acceptors (Lipinski definition) is 4. The van der Waals surface area contributed by atoms with Crippen molar-refractivity contribution in [2.75, 3.05) is 6.61 Å². The Balaban J connectivity index is 2.09. The maximum atomic E-state index is 11.0. The number of hydrogen-bond donors (Lipinski definition) is 1. The average Bonchev–Trinajstić information content (AvgIpc) is 3.16. The molecular formula is C15H22N2O3. The molecule has 5 heteroatoms. The van der Waals surface area contributed by atoms with Crippen LogP contribution in [0.5, 0.6) is 5.75 Å². The average molecular weight is 278 g/mol. The molecule has 5 nitrogen and oxygen atoms in total. The van der Waals surface area contributed by atoms with Gasteiger partial charge >= 0.3 is 5.69 Å². The topological polar surface area (TPSA) is 64.4 Å². The molecule has 1 N–H and O–H groups in total. The summed E-state index contributed by atoms with van der Waals surface area (Å²) >= 11 is 0. The lowest BCUT2D eigenvalue weighted by atomic mass is 10.1. The lowest BCUT2D eigenvalue weighted by Crippen LogP contribution is -2.35. The summed E-state index contributed by atoms with van der Waals surface area (Å²) in [7, 11) is 0. The summed E-state index contributed by atoms with van der Waals surface area (Å²) in [5.74, 6) is 0.959. The van der Waals surface area contributed by atoms with Crippen molar-refractivity contribution in [1.29, 1.82) is 0 Å².